The molecule has 0 aromatic heterocycles. The van der Waals surface area contributed by atoms with Gasteiger partial charge in [-0.25, -0.2) is 0 Å². The van der Waals surface area contributed by atoms with E-state index in [1.165, 1.54) is 17.5 Å². The van der Waals surface area contributed by atoms with Gasteiger partial charge in [-0.15, -0.1) is 0 Å². The van der Waals surface area contributed by atoms with E-state index in [9.17, 15) is 0 Å². The predicted octanol–water partition coefficient (Wildman–Crippen LogP) is 2.87. The van der Waals surface area contributed by atoms with E-state index in [0.29, 0.717) is 17.3 Å². The molecule has 1 unspecified atom stereocenters. The highest BCUT2D eigenvalue weighted by atomic mass is 14.7. The molecule has 1 aliphatic rings. The normalized spacial score (nSPS) is 29.5. The van der Waals surface area contributed by atoms with Crippen LogP contribution in [0, 0.1) is 18.8 Å². The number of hydrogen-bond donors (Lipinski definition) is 1. The van der Waals surface area contributed by atoms with Crippen LogP contribution in [-0.4, -0.2) is 6.54 Å². The molecule has 0 spiro atoms. The molecular weight excluding hydrogens is 182 g/mol. The fourth-order valence-electron chi connectivity index (χ4n) is 3.09. The number of hydrogen-bond acceptors (Lipinski definition) is 1. The lowest BCUT2D eigenvalue weighted by Crippen LogP contribution is -2.22. The van der Waals surface area contributed by atoms with Crippen molar-refractivity contribution in [3.8, 4) is 0 Å². The van der Waals surface area contributed by atoms with Crippen LogP contribution in [0.3, 0.4) is 0 Å². The first-order chi connectivity index (χ1) is 7.13. The molecule has 2 rings (SSSR count). The lowest BCUT2D eigenvalue weighted by Gasteiger charge is -2.24. The van der Waals surface area contributed by atoms with Crippen LogP contribution in [0.15, 0.2) is 24.3 Å². The number of aryl methyl sites for hydroxylation is 1. The Morgan fingerprint density at radius 3 is 2.53 bits per heavy atom. The molecule has 0 heterocycles. The minimum Gasteiger partial charge on any atom is -0.330 e. The van der Waals surface area contributed by atoms with Crippen molar-refractivity contribution < 1.29 is 0 Å². The molecule has 1 heteroatoms. The summed E-state index contributed by atoms with van der Waals surface area (Å²) < 4.78 is 0. The summed E-state index contributed by atoms with van der Waals surface area (Å²) >= 11 is 0. The molecule has 15 heavy (non-hydrogen) atoms. The van der Waals surface area contributed by atoms with Gasteiger partial charge in [-0.05, 0) is 42.9 Å². The molecule has 1 nitrogen and oxygen atoms in total. The Labute approximate surface area is 92.7 Å². The molecule has 0 saturated heterocycles. The van der Waals surface area contributed by atoms with Crippen LogP contribution in [0.4, 0.5) is 0 Å². The van der Waals surface area contributed by atoms with Crippen molar-refractivity contribution in [1.29, 1.82) is 0 Å². The van der Waals surface area contributed by atoms with Gasteiger partial charge >= 0.3 is 0 Å². The van der Waals surface area contributed by atoms with Gasteiger partial charge in [-0.1, -0.05) is 38.1 Å². The van der Waals surface area contributed by atoms with Gasteiger partial charge in [0.05, 0.1) is 0 Å². The molecule has 82 valence electrons. The van der Waals surface area contributed by atoms with E-state index in [1.807, 2.05) is 0 Å². The SMILES string of the molecule is Cc1ccccc1C1(C(C)C)C[C@H]1CN. The highest BCUT2D eigenvalue weighted by molar-refractivity contribution is 5.40. The average molecular weight is 203 g/mol. The molecule has 1 saturated carbocycles. The Morgan fingerprint density at radius 1 is 1.40 bits per heavy atom. The van der Waals surface area contributed by atoms with Crippen LogP contribution in [0.5, 0.6) is 0 Å². The first-order valence-electron chi connectivity index (χ1n) is 5.89. The Kier molecular flexibility index (Phi) is 2.59. The van der Waals surface area contributed by atoms with Gasteiger partial charge in [0.15, 0.2) is 0 Å². The molecule has 0 radical (unpaired) electrons. The highest BCUT2D eigenvalue weighted by Gasteiger charge is 2.56. The molecule has 1 aliphatic carbocycles. The zero-order valence-corrected chi connectivity index (χ0v) is 9.96. The van der Waals surface area contributed by atoms with Crippen LogP contribution >= 0.6 is 0 Å². The molecule has 2 N–H and O–H groups in total. The van der Waals surface area contributed by atoms with Gasteiger partial charge in [0.1, 0.15) is 0 Å². The molecule has 0 amide bonds. The largest absolute Gasteiger partial charge is 0.330 e. The first kappa shape index (κ1) is 10.7. The third-order valence-electron chi connectivity index (χ3n) is 4.11. The average Bonchev–Trinajstić information content (AvgIpc) is 2.94. The Morgan fingerprint density at radius 2 is 2.07 bits per heavy atom. The summed E-state index contributed by atoms with van der Waals surface area (Å²) in [5.41, 5.74) is 9.15. The van der Waals surface area contributed by atoms with Crippen LogP contribution in [-0.2, 0) is 5.41 Å². The standard InChI is InChI=1S/C14H21N/c1-10(2)14(8-12(14)9-15)13-7-5-4-6-11(13)3/h4-7,10,12H,8-9,15H2,1-3H3/t12-,14?/m0/s1. The summed E-state index contributed by atoms with van der Waals surface area (Å²) in [7, 11) is 0. The van der Waals surface area contributed by atoms with Gasteiger partial charge in [0.25, 0.3) is 0 Å². The Balaban J connectivity index is 2.40. The summed E-state index contributed by atoms with van der Waals surface area (Å²) in [6, 6.07) is 8.77. The molecule has 1 aromatic carbocycles. The van der Waals surface area contributed by atoms with E-state index < -0.39 is 0 Å². The van der Waals surface area contributed by atoms with Crippen LogP contribution in [0.2, 0.25) is 0 Å². The number of benzene rings is 1. The Bertz CT molecular complexity index is 356. The second-order valence-corrected chi connectivity index (χ2v) is 5.15. The van der Waals surface area contributed by atoms with Crippen molar-refractivity contribution in [3.05, 3.63) is 35.4 Å². The van der Waals surface area contributed by atoms with Gasteiger partial charge in [0.2, 0.25) is 0 Å². The molecule has 2 atom stereocenters. The van der Waals surface area contributed by atoms with Crippen molar-refractivity contribution in [2.75, 3.05) is 6.54 Å². The Hall–Kier alpha value is -0.820. The van der Waals surface area contributed by atoms with E-state index in [4.69, 9.17) is 5.73 Å². The fraction of sp³-hybridized carbons (Fsp3) is 0.571. The van der Waals surface area contributed by atoms with E-state index in [2.05, 4.69) is 45.0 Å². The fourth-order valence-corrected chi connectivity index (χ4v) is 3.09. The summed E-state index contributed by atoms with van der Waals surface area (Å²) in [6.45, 7) is 7.68. The zero-order valence-electron chi connectivity index (χ0n) is 9.96. The van der Waals surface area contributed by atoms with Crippen LogP contribution < -0.4 is 5.73 Å². The smallest absolute Gasteiger partial charge is 0.00226 e. The summed E-state index contributed by atoms with van der Waals surface area (Å²) in [4.78, 5) is 0. The van der Waals surface area contributed by atoms with Crippen LogP contribution in [0.1, 0.15) is 31.4 Å². The monoisotopic (exact) mass is 203 g/mol. The maximum Gasteiger partial charge on any atom is 0.00226 e. The number of rotatable bonds is 3. The predicted molar refractivity (Wildman–Crippen MR) is 64.9 cm³/mol. The van der Waals surface area contributed by atoms with Crippen molar-refractivity contribution in [2.24, 2.45) is 17.6 Å². The van der Waals surface area contributed by atoms with Crippen molar-refractivity contribution in [1.82, 2.24) is 0 Å². The second-order valence-electron chi connectivity index (χ2n) is 5.15. The maximum atomic E-state index is 5.83. The topological polar surface area (TPSA) is 26.0 Å². The minimum absolute atomic E-state index is 0.375. The molecular formula is C14H21N. The zero-order chi connectivity index (χ0) is 11.1. The quantitative estimate of drug-likeness (QED) is 0.803. The van der Waals surface area contributed by atoms with Gasteiger partial charge in [0, 0.05) is 5.41 Å². The summed E-state index contributed by atoms with van der Waals surface area (Å²) in [5.74, 6) is 1.38. The summed E-state index contributed by atoms with van der Waals surface area (Å²) in [5, 5.41) is 0. The van der Waals surface area contributed by atoms with E-state index in [0.717, 1.165) is 6.54 Å². The molecule has 0 bridgehead atoms. The molecule has 1 aromatic rings. The van der Waals surface area contributed by atoms with E-state index in [1.54, 1.807) is 0 Å². The van der Waals surface area contributed by atoms with Crippen molar-refractivity contribution in [3.63, 3.8) is 0 Å². The second kappa shape index (κ2) is 3.64. The van der Waals surface area contributed by atoms with Gasteiger partial charge in [-0.2, -0.15) is 0 Å². The molecule has 0 aliphatic heterocycles. The highest BCUT2D eigenvalue weighted by Crippen LogP contribution is 2.59. The van der Waals surface area contributed by atoms with Crippen molar-refractivity contribution in [2.45, 2.75) is 32.6 Å². The lowest BCUT2D eigenvalue weighted by molar-refractivity contribution is 0.440. The minimum atomic E-state index is 0.375. The van der Waals surface area contributed by atoms with Crippen molar-refractivity contribution >= 4 is 0 Å². The van der Waals surface area contributed by atoms with E-state index in [-0.39, 0.29) is 0 Å². The lowest BCUT2D eigenvalue weighted by atomic mass is 9.80. The third kappa shape index (κ3) is 1.50. The molecule has 1 fully saturated rings. The van der Waals surface area contributed by atoms with Gasteiger partial charge < -0.3 is 5.73 Å². The van der Waals surface area contributed by atoms with Gasteiger partial charge in [-0.3, -0.25) is 0 Å². The summed E-state index contributed by atoms with van der Waals surface area (Å²) in [6.07, 6.45) is 1.27. The first-order valence-corrected chi connectivity index (χ1v) is 5.89. The van der Waals surface area contributed by atoms with Crippen LogP contribution in [0.25, 0.3) is 0 Å². The maximum absolute atomic E-state index is 5.83. The van der Waals surface area contributed by atoms with E-state index >= 15 is 0 Å². The number of nitrogens with two attached hydrogens (primary N) is 1. The third-order valence-corrected chi connectivity index (χ3v) is 4.11.